The lowest BCUT2D eigenvalue weighted by molar-refractivity contribution is 0.824. The molecule has 1 heterocycles. The molecule has 0 aliphatic rings. The molecule has 0 atom stereocenters. The van der Waals surface area contributed by atoms with Gasteiger partial charge in [-0.15, -0.1) is 0 Å². The van der Waals surface area contributed by atoms with Gasteiger partial charge in [-0.25, -0.2) is 0 Å². The van der Waals surface area contributed by atoms with Crippen molar-refractivity contribution in [1.29, 1.82) is 0 Å². The molecule has 3 nitrogen and oxygen atoms in total. The average molecular weight is 237 g/mol. The van der Waals surface area contributed by atoms with Crippen LogP contribution in [0.25, 0.3) is 10.9 Å². The van der Waals surface area contributed by atoms with Crippen LogP contribution in [-0.2, 0) is 6.42 Å². The molecule has 0 aliphatic carbocycles. The Labute approximate surface area is 98.2 Å². The Morgan fingerprint density at radius 1 is 1.31 bits per heavy atom. The molecule has 0 bridgehead atoms. The molecule has 0 saturated heterocycles. The summed E-state index contributed by atoms with van der Waals surface area (Å²) in [5.74, 6) is 0. The zero-order valence-electron chi connectivity index (χ0n) is 8.79. The van der Waals surface area contributed by atoms with Crippen LogP contribution in [0.1, 0.15) is 12.0 Å². The van der Waals surface area contributed by atoms with Crippen molar-refractivity contribution < 1.29 is 0 Å². The van der Waals surface area contributed by atoms with Crippen LogP contribution in [0.3, 0.4) is 0 Å². The maximum absolute atomic E-state index is 11.7. The van der Waals surface area contributed by atoms with Gasteiger partial charge in [0.1, 0.15) is 0 Å². The number of aromatic nitrogens is 1. The van der Waals surface area contributed by atoms with Crippen LogP contribution in [-0.4, -0.2) is 11.5 Å². The lowest BCUT2D eigenvalue weighted by Crippen LogP contribution is -2.13. The number of hydrogen-bond acceptors (Lipinski definition) is 2. The summed E-state index contributed by atoms with van der Waals surface area (Å²) in [6, 6.07) is 7.31. The van der Waals surface area contributed by atoms with Gasteiger partial charge in [-0.05, 0) is 49.0 Å². The summed E-state index contributed by atoms with van der Waals surface area (Å²) in [6.45, 7) is 0.590. The van der Waals surface area contributed by atoms with Crippen LogP contribution in [0.15, 0.2) is 29.1 Å². The van der Waals surface area contributed by atoms with E-state index in [9.17, 15) is 4.79 Å². The number of nitrogens with two attached hydrogens (primary N) is 1. The first-order valence-corrected chi connectivity index (χ1v) is 5.60. The van der Waals surface area contributed by atoms with Gasteiger partial charge in [-0.2, -0.15) is 0 Å². The molecule has 3 N–H and O–H groups in total. The van der Waals surface area contributed by atoms with Gasteiger partial charge in [0.2, 0.25) is 0 Å². The van der Waals surface area contributed by atoms with Gasteiger partial charge in [-0.3, -0.25) is 4.79 Å². The van der Waals surface area contributed by atoms with Crippen LogP contribution in [0.5, 0.6) is 0 Å². The average Bonchev–Trinajstić information content (AvgIpc) is 2.27. The summed E-state index contributed by atoms with van der Waals surface area (Å²) in [4.78, 5) is 14.5. The quantitative estimate of drug-likeness (QED) is 0.857. The number of hydrogen-bond donors (Lipinski definition) is 2. The number of H-pyrrole nitrogens is 1. The third-order valence-corrected chi connectivity index (χ3v) is 2.77. The van der Waals surface area contributed by atoms with E-state index in [1.165, 1.54) is 0 Å². The van der Waals surface area contributed by atoms with Crippen LogP contribution < -0.4 is 11.3 Å². The molecule has 0 fully saturated rings. The van der Waals surface area contributed by atoms with E-state index in [0.29, 0.717) is 18.0 Å². The third kappa shape index (κ3) is 2.26. The number of aryl methyl sites for hydroxylation is 1. The first kappa shape index (κ1) is 11.2. The minimum Gasteiger partial charge on any atom is -0.330 e. The van der Waals surface area contributed by atoms with E-state index in [2.05, 4.69) is 4.98 Å². The lowest BCUT2D eigenvalue weighted by atomic mass is 10.1. The van der Waals surface area contributed by atoms with Gasteiger partial charge in [-0.1, -0.05) is 11.6 Å². The molecular formula is C12H13ClN2O. The van der Waals surface area contributed by atoms with Crippen molar-refractivity contribution in [2.75, 3.05) is 6.54 Å². The molecule has 4 heteroatoms. The molecule has 1 aromatic heterocycles. The maximum atomic E-state index is 11.7. The first-order valence-electron chi connectivity index (χ1n) is 5.22. The lowest BCUT2D eigenvalue weighted by Gasteiger charge is -2.03. The standard InChI is InChI=1S/C12H13ClN2O/c13-10-3-4-11-9(7-10)6-8(2-1-5-14)12(16)15-11/h3-4,6-7H,1-2,5,14H2,(H,15,16). The van der Waals surface area contributed by atoms with Crippen LogP contribution in [0.2, 0.25) is 5.02 Å². The SMILES string of the molecule is NCCCc1cc2cc(Cl)ccc2[nH]c1=O. The minimum atomic E-state index is -0.0386. The van der Waals surface area contributed by atoms with Gasteiger partial charge in [0, 0.05) is 16.1 Å². The van der Waals surface area contributed by atoms with Crippen molar-refractivity contribution in [3.63, 3.8) is 0 Å². The molecule has 1 aromatic carbocycles. The second-order valence-electron chi connectivity index (χ2n) is 3.75. The highest BCUT2D eigenvalue weighted by Gasteiger charge is 2.02. The smallest absolute Gasteiger partial charge is 0.251 e. The van der Waals surface area contributed by atoms with Gasteiger partial charge in [0.25, 0.3) is 5.56 Å². The number of fused-ring (bicyclic) bond motifs is 1. The van der Waals surface area contributed by atoms with E-state index in [-0.39, 0.29) is 5.56 Å². The molecule has 0 unspecified atom stereocenters. The Bertz CT molecular complexity index is 562. The number of benzene rings is 1. The largest absolute Gasteiger partial charge is 0.330 e. The Morgan fingerprint density at radius 3 is 2.88 bits per heavy atom. The van der Waals surface area contributed by atoms with E-state index in [0.717, 1.165) is 22.9 Å². The molecule has 2 aromatic rings. The Hall–Kier alpha value is -1.32. The third-order valence-electron chi connectivity index (χ3n) is 2.53. The predicted molar refractivity (Wildman–Crippen MR) is 67.0 cm³/mol. The molecular weight excluding hydrogens is 224 g/mol. The van der Waals surface area contributed by atoms with Gasteiger partial charge >= 0.3 is 0 Å². The first-order chi connectivity index (χ1) is 7.70. The molecule has 0 spiro atoms. The Kier molecular flexibility index (Phi) is 3.27. The van der Waals surface area contributed by atoms with E-state index < -0.39 is 0 Å². The molecule has 0 amide bonds. The number of halogens is 1. The molecule has 16 heavy (non-hydrogen) atoms. The summed E-state index contributed by atoms with van der Waals surface area (Å²) in [7, 11) is 0. The number of nitrogens with one attached hydrogen (secondary N) is 1. The van der Waals surface area contributed by atoms with Gasteiger partial charge < -0.3 is 10.7 Å². The molecule has 0 saturated carbocycles. The molecule has 2 rings (SSSR count). The second kappa shape index (κ2) is 4.68. The highest BCUT2D eigenvalue weighted by atomic mass is 35.5. The zero-order valence-corrected chi connectivity index (χ0v) is 9.55. The van der Waals surface area contributed by atoms with Crippen molar-refractivity contribution in [3.8, 4) is 0 Å². The maximum Gasteiger partial charge on any atom is 0.251 e. The summed E-state index contributed by atoms with van der Waals surface area (Å²) in [6.07, 6.45) is 1.52. The summed E-state index contributed by atoms with van der Waals surface area (Å²) in [5.41, 5.74) is 6.97. The van der Waals surface area contributed by atoms with Gasteiger partial charge in [0.05, 0.1) is 0 Å². The Balaban J connectivity index is 2.51. The summed E-state index contributed by atoms with van der Waals surface area (Å²) in [5, 5.41) is 1.63. The number of rotatable bonds is 3. The topological polar surface area (TPSA) is 58.9 Å². The van der Waals surface area contributed by atoms with Crippen LogP contribution >= 0.6 is 11.6 Å². The number of pyridine rings is 1. The normalized spacial score (nSPS) is 10.9. The monoisotopic (exact) mass is 236 g/mol. The van der Waals surface area contributed by atoms with Crippen molar-refractivity contribution in [1.82, 2.24) is 4.98 Å². The van der Waals surface area contributed by atoms with Crippen molar-refractivity contribution in [2.24, 2.45) is 5.73 Å². The van der Waals surface area contributed by atoms with E-state index in [1.54, 1.807) is 6.07 Å². The number of aromatic amines is 1. The fourth-order valence-electron chi connectivity index (χ4n) is 1.70. The fourth-order valence-corrected chi connectivity index (χ4v) is 1.88. The molecule has 0 aliphatic heterocycles. The van der Waals surface area contributed by atoms with Crippen LogP contribution in [0.4, 0.5) is 0 Å². The van der Waals surface area contributed by atoms with Crippen molar-refractivity contribution >= 4 is 22.5 Å². The fraction of sp³-hybridized carbons (Fsp3) is 0.250. The second-order valence-corrected chi connectivity index (χ2v) is 4.18. The minimum absolute atomic E-state index is 0.0386. The van der Waals surface area contributed by atoms with Crippen molar-refractivity contribution in [2.45, 2.75) is 12.8 Å². The van der Waals surface area contributed by atoms with E-state index in [1.807, 2.05) is 18.2 Å². The summed E-state index contributed by atoms with van der Waals surface area (Å²) >= 11 is 5.90. The van der Waals surface area contributed by atoms with E-state index in [4.69, 9.17) is 17.3 Å². The molecule has 0 radical (unpaired) electrons. The van der Waals surface area contributed by atoms with Gasteiger partial charge in [0.15, 0.2) is 0 Å². The summed E-state index contributed by atoms with van der Waals surface area (Å²) < 4.78 is 0. The highest BCUT2D eigenvalue weighted by molar-refractivity contribution is 6.31. The van der Waals surface area contributed by atoms with Crippen molar-refractivity contribution in [3.05, 3.63) is 45.2 Å². The Morgan fingerprint density at radius 2 is 2.12 bits per heavy atom. The molecule has 84 valence electrons. The van der Waals surface area contributed by atoms with E-state index >= 15 is 0 Å². The highest BCUT2D eigenvalue weighted by Crippen LogP contribution is 2.17. The zero-order chi connectivity index (χ0) is 11.5. The predicted octanol–water partition coefficient (Wildman–Crippen LogP) is 2.07. The van der Waals surface area contributed by atoms with Crippen LogP contribution in [0, 0.1) is 0 Å².